The first-order valence-corrected chi connectivity index (χ1v) is 8.70. The molecule has 0 unspecified atom stereocenters. The third-order valence-corrected chi connectivity index (χ3v) is 4.56. The summed E-state index contributed by atoms with van der Waals surface area (Å²) in [6.45, 7) is 3.27. The standard InChI is InChI=1S/C15H14N6O3S/c1-9-17-10(2)19-14(18-9)20-15(22)21-25(23,24)12-7-3-5-11-6-4-8-16-13(11)12/h3-8H,1-2H3,(H2,17,18,19,20,21,22). The predicted molar refractivity (Wildman–Crippen MR) is 90.4 cm³/mol. The van der Waals surface area contributed by atoms with Gasteiger partial charge in [0.05, 0.1) is 5.52 Å². The molecule has 0 saturated heterocycles. The Bertz CT molecular complexity index is 1040. The number of anilines is 1. The number of rotatable bonds is 3. The van der Waals surface area contributed by atoms with Gasteiger partial charge < -0.3 is 0 Å². The van der Waals surface area contributed by atoms with Crippen molar-refractivity contribution in [3.05, 3.63) is 48.2 Å². The first kappa shape index (κ1) is 16.7. The highest BCUT2D eigenvalue weighted by Crippen LogP contribution is 2.20. The van der Waals surface area contributed by atoms with Gasteiger partial charge in [-0.1, -0.05) is 18.2 Å². The summed E-state index contributed by atoms with van der Waals surface area (Å²) in [5.41, 5.74) is 0.275. The molecule has 0 aliphatic carbocycles. The van der Waals surface area contributed by atoms with Crippen LogP contribution in [0.1, 0.15) is 11.6 Å². The Labute approximate surface area is 143 Å². The van der Waals surface area contributed by atoms with E-state index in [2.05, 4.69) is 25.3 Å². The number of nitrogens with one attached hydrogen (secondary N) is 2. The molecule has 0 spiro atoms. The SMILES string of the molecule is Cc1nc(C)nc(NC(=O)NS(=O)(=O)c2cccc3cccnc23)n1. The zero-order valence-corrected chi connectivity index (χ0v) is 14.2. The molecule has 2 amide bonds. The molecule has 2 aromatic heterocycles. The van der Waals surface area contributed by atoms with Gasteiger partial charge in [-0.25, -0.2) is 22.9 Å². The topological polar surface area (TPSA) is 127 Å². The van der Waals surface area contributed by atoms with E-state index in [-0.39, 0.29) is 16.4 Å². The van der Waals surface area contributed by atoms with Gasteiger partial charge in [0, 0.05) is 11.6 Å². The average Bonchev–Trinajstić information content (AvgIpc) is 2.52. The van der Waals surface area contributed by atoms with Crippen LogP contribution >= 0.6 is 0 Å². The summed E-state index contributed by atoms with van der Waals surface area (Å²) >= 11 is 0. The summed E-state index contributed by atoms with van der Waals surface area (Å²) < 4.78 is 27.0. The van der Waals surface area contributed by atoms with Crippen LogP contribution in [0.5, 0.6) is 0 Å². The van der Waals surface area contributed by atoms with E-state index in [1.807, 2.05) is 4.72 Å². The highest BCUT2D eigenvalue weighted by molar-refractivity contribution is 7.90. The molecule has 0 aliphatic heterocycles. The Kier molecular flexibility index (Phi) is 4.28. The van der Waals surface area contributed by atoms with Crippen LogP contribution in [0, 0.1) is 13.8 Å². The number of urea groups is 1. The molecule has 0 bridgehead atoms. The number of aryl methyl sites for hydroxylation is 2. The second kappa shape index (κ2) is 6.40. The molecule has 9 nitrogen and oxygen atoms in total. The van der Waals surface area contributed by atoms with Crippen LogP contribution in [0.4, 0.5) is 10.7 Å². The number of benzene rings is 1. The number of amides is 2. The van der Waals surface area contributed by atoms with Crippen molar-refractivity contribution in [3.8, 4) is 0 Å². The molecule has 0 atom stereocenters. The average molecular weight is 358 g/mol. The van der Waals surface area contributed by atoms with E-state index < -0.39 is 16.1 Å². The van der Waals surface area contributed by atoms with Crippen LogP contribution < -0.4 is 10.0 Å². The number of para-hydroxylation sites is 1. The highest BCUT2D eigenvalue weighted by Gasteiger charge is 2.21. The lowest BCUT2D eigenvalue weighted by Gasteiger charge is -2.09. The quantitative estimate of drug-likeness (QED) is 0.727. The van der Waals surface area contributed by atoms with E-state index in [0.29, 0.717) is 17.0 Å². The lowest BCUT2D eigenvalue weighted by molar-refractivity contribution is 0.256. The Morgan fingerprint density at radius 2 is 1.68 bits per heavy atom. The van der Waals surface area contributed by atoms with E-state index in [1.54, 1.807) is 38.1 Å². The molecule has 25 heavy (non-hydrogen) atoms. The van der Waals surface area contributed by atoms with Crippen molar-refractivity contribution in [3.63, 3.8) is 0 Å². The van der Waals surface area contributed by atoms with Crippen LogP contribution in [0.25, 0.3) is 10.9 Å². The maximum atomic E-state index is 12.5. The van der Waals surface area contributed by atoms with Gasteiger partial charge in [-0.2, -0.15) is 9.97 Å². The molecular formula is C15H14N6O3S. The molecular weight excluding hydrogens is 344 g/mol. The maximum Gasteiger partial charge on any atom is 0.335 e. The van der Waals surface area contributed by atoms with Gasteiger partial charge >= 0.3 is 6.03 Å². The van der Waals surface area contributed by atoms with Crippen molar-refractivity contribution in [1.82, 2.24) is 24.7 Å². The van der Waals surface area contributed by atoms with Gasteiger partial charge in [-0.05, 0) is 26.0 Å². The van der Waals surface area contributed by atoms with Crippen molar-refractivity contribution < 1.29 is 13.2 Å². The van der Waals surface area contributed by atoms with Crippen molar-refractivity contribution in [2.75, 3.05) is 5.32 Å². The van der Waals surface area contributed by atoms with Crippen molar-refractivity contribution in [2.45, 2.75) is 18.7 Å². The predicted octanol–water partition coefficient (Wildman–Crippen LogP) is 1.55. The molecule has 2 N–H and O–H groups in total. The number of aromatic nitrogens is 4. The van der Waals surface area contributed by atoms with Gasteiger partial charge in [0.1, 0.15) is 16.5 Å². The lowest BCUT2D eigenvalue weighted by Crippen LogP contribution is -2.35. The zero-order valence-electron chi connectivity index (χ0n) is 13.4. The number of pyridine rings is 1. The minimum atomic E-state index is -4.12. The third-order valence-electron chi connectivity index (χ3n) is 3.20. The summed E-state index contributed by atoms with van der Waals surface area (Å²) in [6.07, 6.45) is 1.48. The minimum Gasteiger partial charge on any atom is -0.275 e. The molecule has 2 heterocycles. The number of carbonyl (C=O) groups excluding carboxylic acids is 1. The zero-order chi connectivity index (χ0) is 18.0. The third kappa shape index (κ3) is 3.69. The summed E-state index contributed by atoms with van der Waals surface area (Å²) in [7, 11) is -4.12. The van der Waals surface area contributed by atoms with Crippen molar-refractivity contribution in [2.24, 2.45) is 0 Å². The summed E-state index contributed by atoms with van der Waals surface area (Å²) in [5, 5.41) is 2.93. The van der Waals surface area contributed by atoms with Gasteiger partial charge in [-0.3, -0.25) is 10.3 Å². The Hall–Kier alpha value is -3.14. The van der Waals surface area contributed by atoms with Crippen molar-refractivity contribution in [1.29, 1.82) is 0 Å². The maximum absolute atomic E-state index is 12.5. The normalized spacial score (nSPS) is 11.3. The van der Waals surface area contributed by atoms with Crippen LogP contribution in [0.15, 0.2) is 41.4 Å². The number of hydrogen-bond donors (Lipinski definition) is 2. The van der Waals surface area contributed by atoms with Gasteiger partial charge in [0.15, 0.2) is 0 Å². The summed E-state index contributed by atoms with van der Waals surface area (Å²) in [5.74, 6) is 0.779. The van der Waals surface area contributed by atoms with E-state index in [0.717, 1.165) is 0 Å². The summed E-state index contributed by atoms with van der Waals surface area (Å²) in [6, 6.07) is 7.15. The Morgan fingerprint density at radius 1 is 1.00 bits per heavy atom. The molecule has 10 heteroatoms. The Balaban J connectivity index is 1.86. The van der Waals surface area contributed by atoms with E-state index in [1.165, 1.54) is 12.3 Å². The van der Waals surface area contributed by atoms with Gasteiger partial charge in [0.2, 0.25) is 5.95 Å². The van der Waals surface area contributed by atoms with Gasteiger partial charge in [0.25, 0.3) is 10.0 Å². The first-order chi connectivity index (χ1) is 11.8. The second-order valence-electron chi connectivity index (χ2n) is 5.14. The molecule has 3 aromatic rings. The van der Waals surface area contributed by atoms with Crippen LogP contribution in [0.2, 0.25) is 0 Å². The number of nitrogens with zero attached hydrogens (tertiary/aromatic N) is 4. The summed E-state index contributed by atoms with van der Waals surface area (Å²) in [4.78, 5) is 27.9. The molecule has 0 fully saturated rings. The fraction of sp³-hybridized carbons (Fsp3) is 0.133. The molecule has 1 aromatic carbocycles. The van der Waals surface area contributed by atoms with Gasteiger partial charge in [-0.15, -0.1) is 0 Å². The fourth-order valence-electron chi connectivity index (χ4n) is 2.27. The monoisotopic (exact) mass is 358 g/mol. The molecule has 0 aliphatic rings. The molecule has 0 saturated carbocycles. The number of sulfonamides is 1. The van der Waals surface area contributed by atoms with E-state index >= 15 is 0 Å². The molecule has 128 valence electrons. The number of fused-ring (bicyclic) bond motifs is 1. The van der Waals surface area contributed by atoms with Crippen LogP contribution in [0.3, 0.4) is 0 Å². The number of hydrogen-bond acceptors (Lipinski definition) is 7. The van der Waals surface area contributed by atoms with Crippen LogP contribution in [-0.4, -0.2) is 34.4 Å². The fourth-order valence-corrected chi connectivity index (χ4v) is 3.36. The van der Waals surface area contributed by atoms with E-state index in [4.69, 9.17) is 0 Å². The smallest absolute Gasteiger partial charge is 0.275 e. The minimum absolute atomic E-state index is 0.0336. The number of carbonyl (C=O) groups is 1. The largest absolute Gasteiger partial charge is 0.335 e. The Morgan fingerprint density at radius 3 is 2.40 bits per heavy atom. The molecule has 0 radical (unpaired) electrons. The highest BCUT2D eigenvalue weighted by atomic mass is 32.2. The second-order valence-corrected chi connectivity index (χ2v) is 6.80. The van der Waals surface area contributed by atoms with Crippen molar-refractivity contribution >= 4 is 32.9 Å². The lowest BCUT2D eigenvalue weighted by atomic mass is 10.2. The van der Waals surface area contributed by atoms with E-state index in [9.17, 15) is 13.2 Å². The van der Waals surface area contributed by atoms with Crippen LogP contribution in [-0.2, 0) is 10.0 Å². The molecule has 3 rings (SSSR count). The first-order valence-electron chi connectivity index (χ1n) is 7.22.